The number of benzene rings is 1. The van der Waals surface area contributed by atoms with Crippen LogP contribution in [0.2, 0.25) is 0 Å². The summed E-state index contributed by atoms with van der Waals surface area (Å²) in [6.07, 6.45) is 6.65. The molecule has 182 valence electrons. The van der Waals surface area contributed by atoms with E-state index in [-0.39, 0.29) is 18.1 Å². The molecular formula is C26H31N7O2. The maximum Gasteiger partial charge on any atom is 0.256 e. The van der Waals surface area contributed by atoms with Gasteiger partial charge in [-0.05, 0) is 50.2 Å². The van der Waals surface area contributed by atoms with Crippen LogP contribution in [0.4, 0.5) is 5.82 Å². The van der Waals surface area contributed by atoms with Crippen molar-refractivity contribution >= 4 is 28.3 Å². The van der Waals surface area contributed by atoms with Crippen LogP contribution >= 0.6 is 0 Å². The number of amides is 1. The highest BCUT2D eigenvalue weighted by Crippen LogP contribution is 2.28. The molecule has 2 N–H and O–H groups in total. The van der Waals surface area contributed by atoms with Crippen LogP contribution in [0.3, 0.4) is 0 Å². The monoisotopic (exact) mass is 473 g/mol. The second kappa shape index (κ2) is 10.2. The van der Waals surface area contributed by atoms with Gasteiger partial charge in [0.2, 0.25) is 0 Å². The molecule has 1 aliphatic heterocycles. The highest BCUT2D eigenvalue weighted by molar-refractivity contribution is 6.05. The van der Waals surface area contributed by atoms with E-state index in [1.165, 1.54) is 0 Å². The molecule has 0 radical (unpaired) electrons. The second-order valence-electron chi connectivity index (χ2n) is 8.91. The number of aryl methyl sites for hydroxylation is 1. The number of likely N-dealkylation sites (N-methyl/N-ethyl adjacent to an activating group) is 1. The Hall–Kier alpha value is -3.82. The number of aliphatic imine (C=N–C) groups is 1. The lowest BCUT2D eigenvalue weighted by molar-refractivity contribution is -0.112. The minimum atomic E-state index is -0.344. The number of hydrogen-bond donors (Lipinski definition) is 2. The number of likely N-dealkylation sites (tertiary alicyclic amines) is 1. The SMILES string of the molecule is C=C(/C=C\N=C(/C)N1CC(N(C)C)C1)C(=O)Nc1cc2cc(-c3cnn(C)c3CO)ccc2cn1. The number of amidine groups is 1. The zero-order valence-electron chi connectivity index (χ0n) is 20.6. The molecule has 1 fully saturated rings. The van der Waals surface area contributed by atoms with Crippen LogP contribution in [0.15, 0.2) is 66.1 Å². The van der Waals surface area contributed by atoms with E-state index in [0.29, 0.717) is 11.9 Å². The van der Waals surface area contributed by atoms with Gasteiger partial charge in [-0.1, -0.05) is 18.7 Å². The zero-order chi connectivity index (χ0) is 25.1. The summed E-state index contributed by atoms with van der Waals surface area (Å²) >= 11 is 0. The van der Waals surface area contributed by atoms with Crippen LogP contribution in [-0.4, -0.2) is 74.6 Å². The quantitative estimate of drug-likeness (QED) is 0.237. The van der Waals surface area contributed by atoms with Gasteiger partial charge in [-0.2, -0.15) is 5.10 Å². The Morgan fingerprint density at radius 1 is 1.29 bits per heavy atom. The first-order chi connectivity index (χ1) is 16.8. The standard InChI is InChI=1S/C26H31N7O2/c1-17(8-9-27-18(2)33-14-22(15-33)31(3)4)26(35)30-25-11-21-10-19(6-7-20(21)12-28-25)23-13-29-32(5)24(23)16-34/h6-13,22,34H,1,14-16H2,2-5H3,(H,28,30,35)/b9-8-,27-18+. The number of aliphatic hydroxyl groups is 1. The fraction of sp³-hybridized carbons (Fsp3) is 0.308. The molecule has 3 heterocycles. The molecule has 4 rings (SSSR count). The van der Waals surface area contributed by atoms with Gasteiger partial charge in [-0.15, -0.1) is 0 Å². The number of hydrogen-bond acceptors (Lipinski definition) is 6. The molecule has 0 saturated carbocycles. The molecule has 9 heteroatoms. The minimum Gasteiger partial charge on any atom is -0.390 e. The fourth-order valence-corrected chi connectivity index (χ4v) is 3.90. The average Bonchev–Trinajstić information content (AvgIpc) is 3.17. The van der Waals surface area contributed by atoms with Crippen molar-refractivity contribution in [2.45, 2.75) is 19.6 Å². The normalized spacial score (nSPS) is 14.7. The average molecular weight is 474 g/mol. The number of anilines is 1. The van der Waals surface area contributed by atoms with E-state index in [4.69, 9.17) is 0 Å². The number of aliphatic hydroxyl groups excluding tert-OH is 1. The summed E-state index contributed by atoms with van der Waals surface area (Å²) in [5.41, 5.74) is 2.82. The van der Waals surface area contributed by atoms with E-state index in [2.05, 4.69) is 50.9 Å². The molecule has 1 saturated heterocycles. The molecule has 1 aromatic carbocycles. The van der Waals surface area contributed by atoms with E-state index in [0.717, 1.165) is 46.5 Å². The van der Waals surface area contributed by atoms with Gasteiger partial charge in [0.1, 0.15) is 11.7 Å². The van der Waals surface area contributed by atoms with Crippen molar-refractivity contribution in [3.8, 4) is 11.1 Å². The van der Waals surface area contributed by atoms with E-state index < -0.39 is 0 Å². The van der Waals surface area contributed by atoms with Gasteiger partial charge in [0, 0.05) is 55.1 Å². The summed E-state index contributed by atoms with van der Waals surface area (Å²) in [5, 5.41) is 18.6. The fourth-order valence-electron chi connectivity index (χ4n) is 3.90. The highest BCUT2D eigenvalue weighted by Gasteiger charge is 2.28. The lowest BCUT2D eigenvalue weighted by atomic mass is 10.0. The van der Waals surface area contributed by atoms with Crippen LogP contribution in [0.25, 0.3) is 21.9 Å². The van der Waals surface area contributed by atoms with Crippen molar-refractivity contribution < 1.29 is 9.90 Å². The molecule has 9 nitrogen and oxygen atoms in total. The van der Waals surface area contributed by atoms with Crippen LogP contribution in [0.1, 0.15) is 12.6 Å². The molecule has 0 aliphatic carbocycles. The van der Waals surface area contributed by atoms with Crippen LogP contribution in [0.5, 0.6) is 0 Å². The third kappa shape index (κ3) is 5.31. The van der Waals surface area contributed by atoms with E-state index in [1.807, 2.05) is 31.2 Å². The van der Waals surface area contributed by atoms with Crippen LogP contribution in [0, 0.1) is 0 Å². The smallest absolute Gasteiger partial charge is 0.256 e. The summed E-state index contributed by atoms with van der Waals surface area (Å²) in [4.78, 5) is 25.8. The first-order valence-corrected chi connectivity index (χ1v) is 11.4. The molecule has 0 bridgehead atoms. The number of carbonyl (C=O) groups is 1. The van der Waals surface area contributed by atoms with Crippen LogP contribution in [-0.2, 0) is 18.4 Å². The number of nitrogens with zero attached hydrogens (tertiary/aromatic N) is 6. The zero-order valence-corrected chi connectivity index (χ0v) is 20.6. The molecule has 0 spiro atoms. The van der Waals surface area contributed by atoms with Gasteiger partial charge in [-0.3, -0.25) is 9.48 Å². The Bertz CT molecular complexity index is 1320. The maximum absolute atomic E-state index is 12.6. The number of fused-ring (bicyclic) bond motifs is 1. The number of carbonyl (C=O) groups excluding carboxylic acids is 1. The van der Waals surface area contributed by atoms with Gasteiger partial charge in [0.15, 0.2) is 0 Å². The Kier molecular flexibility index (Phi) is 7.09. The molecular weight excluding hydrogens is 442 g/mol. The first-order valence-electron chi connectivity index (χ1n) is 11.4. The molecule has 3 aromatic rings. The number of pyridine rings is 1. The largest absolute Gasteiger partial charge is 0.390 e. The van der Waals surface area contributed by atoms with Crippen LogP contribution < -0.4 is 5.32 Å². The minimum absolute atomic E-state index is 0.102. The number of nitrogens with one attached hydrogen (secondary N) is 1. The van der Waals surface area contributed by atoms with Gasteiger partial charge in [-0.25, -0.2) is 9.98 Å². The summed E-state index contributed by atoms with van der Waals surface area (Å²) < 4.78 is 1.66. The first kappa shape index (κ1) is 24.3. The van der Waals surface area contributed by atoms with Crippen molar-refractivity contribution in [3.63, 3.8) is 0 Å². The summed E-state index contributed by atoms with van der Waals surface area (Å²) in [6.45, 7) is 7.61. The third-order valence-electron chi connectivity index (χ3n) is 6.36. The van der Waals surface area contributed by atoms with Crippen molar-refractivity contribution in [2.75, 3.05) is 32.5 Å². The van der Waals surface area contributed by atoms with Crippen molar-refractivity contribution in [2.24, 2.45) is 12.0 Å². The molecule has 35 heavy (non-hydrogen) atoms. The Labute approximate surface area is 205 Å². The molecule has 0 unspecified atom stereocenters. The van der Waals surface area contributed by atoms with Gasteiger partial charge >= 0.3 is 0 Å². The highest BCUT2D eigenvalue weighted by atomic mass is 16.3. The Balaban J connectivity index is 1.42. The van der Waals surface area contributed by atoms with Gasteiger partial charge in [0.25, 0.3) is 5.91 Å². The van der Waals surface area contributed by atoms with Gasteiger partial charge < -0.3 is 20.2 Å². The number of rotatable bonds is 7. The third-order valence-corrected chi connectivity index (χ3v) is 6.36. The summed E-state index contributed by atoms with van der Waals surface area (Å²) in [6, 6.07) is 8.28. The second-order valence-corrected chi connectivity index (χ2v) is 8.91. The molecule has 1 amide bonds. The molecule has 2 aromatic heterocycles. The summed E-state index contributed by atoms with van der Waals surface area (Å²) in [5.74, 6) is 0.999. The Morgan fingerprint density at radius 2 is 2.06 bits per heavy atom. The topological polar surface area (TPSA) is 98.9 Å². The van der Waals surface area contributed by atoms with Gasteiger partial charge in [0.05, 0.1) is 18.5 Å². The predicted octanol–water partition coefficient (Wildman–Crippen LogP) is 2.80. The van der Waals surface area contributed by atoms with E-state index in [1.54, 1.807) is 36.4 Å². The van der Waals surface area contributed by atoms with Crippen molar-refractivity contribution in [1.29, 1.82) is 0 Å². The Morgan fingerprint density at radius 3 is 2.77 bits per heavy atom. The molecule has 1 aliphatic rings. The van der Waals surface area contributed by atoms with Crippen molar-refractivity contribution in [3.05, 3.63) is 66.8 Å². The lowest BCUT2D eigenvalue weighted by Gasteiger charge is -2.43. The predicted molar refractivity (Wildman–Crippen MR) is 139 cm³/mol. The van der Waals surface area contributed by atoms with E-state index >= 15 is 0 Å². The van der Waals surface area contributed by atoms with Crippen molar-refractivity contribution in [1.82, 2.24) is 24.6 Å². The lowest BCUT2D eigenvalue weighted by Crippen LogP contribution is -2.58. The molecule has 0 atom stereocenters. The summed E-state index contributed by atoms with van der Waals surface area (Å²) in [7, 11) is 5.95. The maximum atomic E-state index is 12.6. The number of aromatic nitrogens is 3. The van der Waals surface area contributed by atoms with E-state index in [9.17, 15) is 9.90 Å².